The average molecular weight is 706 g/mol. The number of nitrogens with one attached hydrogen (secondary N) is 1. The molecule has 3 unspecified atom stereocenters. The molecule has 0 fully saturated rings. The van der Waals surface area contributed by atoms with Gasteiger partial charge in [-0.2, -0.15) is 0 Å². The highest BCUT2D eigenvalue weighted by atomic mass is 35.5. The number of halogens is 5. The SMILES string of the molecule is CC(NC1C=C(F)C=CC1(F)S(=O)(=O)c1ccc(Cl)cc1)c1ccccc1OCCCN(C)S(=O)(=O)c1ccc(Cl)cc1Cl. The Morgan fingerprint density at radius 3 is 2.34 bits per heavy atom. The van der Waals surface area contributed by atoms with Crippen LogP contribution >= 0.6 is 34.8 Å². The zero-order valence-electron chi connectivity index (χ0n) is 23.6. The third-order valence-electron chi connectivity index (χ3n) is 7.03. The smallest absolute Gasteiger partial charge is 0.252 e. The lowest BCUT2D eigenvalue weighted by molar-refractivity contribution is 0.254. The Hall–Kier alpha value is -2.51. The first kappa shape index (κ1) is 34.4. The lowest BCUT2D eigenvalue weighted by atomic mass is 10.0. The number of sulfonamides is 1. The van der Waals surface area contributed by atoms with Gasteiger partial charge >= 0.3 is 0 Å². The van der Waals surface area contributed by atoms with Crippen molar-refractivity contribution in [3.63, 3.8) is 0 Å². The molecule has 7 nitrogen and oxygen atoms in total. The van der Waals surface area contributed by atoms with Crippen LogP contribution in [-0.2, 0) is 19.9 Å². The van der Waals surface area contributed by atoms with E-state index in [-0.39, 0.29) is 33.0 Å². The van der Waals surface area contributed by atoms with Crippen LogP contribution in [0.4, 0.5) is 8.78 Å². The molecule has 0 saturated heterocycles. The summed E-state index contributed by atoms with van der Waals surface area (Å²) in [5, 5.41) is 0.496. The number of rotatable bonds is 12. The number of hydrogen-bond donors (Lipinski definition) is 1. The fraction of sp³-hybridized carbons (Fsp3) is 0.267. The second-order valence-electron chi connectivity index (χ2n) is 10.0. The second kappa shape index (κ2) is 13.9. The van der Waals surface area contributed by atoms with Crippen molar-refractivity contribution in [1.29, 1.82) is 0 Å². The highest BCUT2D eigenvalue weighted by molar-refractivity contribution is 7.93. The summed E-state index contributed by atoms with van der Waals surface area (Å²) in [5.74, 6) is -0.391. The summed E-state index contributed by atoms with van der Waals surface area (Å²) in [6.07, 6.45) is 2.67. The zero-order chi connectivity index (χ0) is 32.3. The molecule has 14 heteroatoms. The largest absolute Gasteiger partial charge is 0.493 e. The van der Waals surface area contributed by atoms with Gasteiger partial charge in [-0.1, -0.05) is 53.0 Å². The Labute approximate surface area is 271 Å². The Kier molecular flexibility index (Phi) is 10.8. The Morgan fingerprint density at radius 2 is 1.66 bits per heavy atom. The summed E-state index contributed by atoms with van der Waals surface area (Å²) in [6.45, 7) is 1.90. The van der Waals surface area contributed by atoms with Crippen molar-refractivity contribution in [3.8, 4) is 5.75 Å². The molecule has 1 N–H and O–H groups in total. The monoisotopic (exact) mass is 704 g/mol. The maximum atomic E-state index is 16.5. The molecule has 0 spiro atoms. The predicted octanol–water partition coefficient (Wildman–Crippen LogP) is 7.32. The maximum Gasteiger partial charge on any atom is 0.252 e. The molecular weight excluding hydrogens is 677 g/mol. The molecule has 236 valence electrons. The fourth-order valence-corrected chi connectivity index (χ4v) is 8.26. The van der Waals surface area contributed by atoms with E-state index in [1.807, 2.05) is 0 Å². The van der Waals surface area contributed by atoms with E-state index in [0.717, 1.165) is 16.5 Å². The molecule has 0 bridgehead atoms. The summed E-state index contributed by atoms with van der Waals surface area (Å²) in [4.78, 5) is -0.374. The fourth-order valence-electron chi connectivity index (χ4n) is 4.61. The Morgan fingerprint density at radius 1 is 1.00 bits per heavy atom. The van der Waals surface area contributed by atoms with E-state index >= 15 is 4.39 Å². The minimum atomic E-state index is -4.64. The lowest BCUT2D eigenvalue weighted by Gasteiger charge is -2.34. The van der Waals surface area contributed by atoms with Crippen molar-refractivity contribution in [2.45, 2.75) is 40.2 Å². The molecule has 1 aliphatic rings. The summed E-state index contributed by atoms with van der Waals surface area (Å²) in [5.41, 5.74) is 0.552. The molecule has 3 atom stereocenters. The van der Waals surface area contributed by atoms with Gasteiger partial charge in [-0.05, 0) is 80.1 Å². The minimum absolute atomic E-state index is 0.0115. The van der Waals surface area contributed by atoms with Crippen LogP contribution < -0.4 is 10.1 Å². The number of ether oxygens (including phenoxy) is 1. The number of benzene rings is 3. The van der Waals surface area contributed by atoms with Crippen molar-refractivity contribution in [2.24, 2.45) is 0 Å². The van der Waals surface area contributed by atoms with Gasteiger partial charge < -0.3 is 4.74 Å². The summed E-state index contributed by atoms with van der Waals surface area (Å²) >= 11 is 17.8. The molecule has 3 aromatic rings. The predicted molar refractivity (Wildman–Crippen MR) is 169 cm³/mol. The highest BCUT2D eigenvalue weighted by Crippen LogP contribution is 2.38. The van der Waals surface area contributed by atoms with Crippen LogP contribution in [0.1, 0.15) is 24.9 Å². The Bertz CT molecular complexity index is 1790. The van der Waals surface area contributed by atoms with Crippen molar-refractivity contribution in [3.05, 3.63) is 111 Å². The Balaban J connectivity index is 1.45. The number of allylic oxidation sites excluding steroid dienone is 2. The topological polar surface area (TPSA) is 92.8 Å². The van der Waals surface area contributed by atoms with Crippen LogP contribution in [0.5, 0.6) is 5.75 Å². The second-order valence-corrected chi connectivity index (χ2v) is 15.4. The molecule has 0 saturated carbocycles. The van der Waals surface area contributed by atoms with Gasteiger partial charge in [0.25, 0.3) is 5.00 Å². The first-order chi connectivity index (χ1) is 20.7. The van der Waals surface area contributed by atoms with Gasteiger partial charge in [0.2, 0.25) is 19.9 Å². The number of para-hydroxylation sites is 1. The highest BCUT2D eigenvalue weighted by Gasteiger charge is 2.51. The minimum Gasteiger partial charge on any atom is -0.493 e. The normalized spacial score (nSPS) is 19.5. The van der Waals surface area contributed by atoms with Crippen molar-refractivity contribution < 1.29 is 30.4 Å². The van der Waals surface area contributed by atoms with E-state index < -0.39 is 42.8 Å². The standard InChI is InChI=1S/C30H29Cl3F2N2O5S2/c1-20(36-29-19-23(34)14-15-30(29,35)43(38,39)24-11-8-21(31)9-12-24)25-6-3-4-7-27(25)42-17-5-16-37(2)44(40,41)28-13-10-22(32)18-26(28)33/h3-4,6-15,18-20,29,36H,5,16-17H2,1-2H3. The van der Waals surface area contributed by atoms with Crippen LogP contribution in [0.3, 0.4) is 0 Å². The zero-order valence-corrected chi connectivity index (χ0v) is 27.5. The molecule has 44 heavy (non-hydrogen) atoms. The first-order valence-electron chi connectivity index (χ1n) is 13.3. The number of nitrogens with zero attached hydrogens (tertiary/aromatic N) is 1. The van der Waals surface area contributed by atoms with Crippen molar-refractivity contribution in [1.82, 2.24) is 9.62 Å². The van der Waals surface area contributed by atoms with E-state index in [4.69, 9.17) is 39.5 Å². The third-order valence-corrected chi connectivity index (χ3v) is 12.0. The molecule has 1 aliphatic carbocycles. The molecule has 0 radical (unpaired) electrons. The van der Waals surface area contributed by atoms with Gasteiger partial charge in [0.15, 0.2) is 0 Å². The van der Waals surface area contributed by atoms with Crippen LogP contribution in [0.25, 0.3) is 0 Å². The van der Waals surface area contributed by atoms with Gasteiger partial charge in [0.05, 0.1) is 22.6 Å². The van der Waals surface area contributed by atoms with E-state index in [0.29, 0.717) is 28.8 Å². The van der Waals surface area contributed by atoms with Gasteiger partial charge in [0.1, 0.15) is 16.5 Å². The van der Waals surface area contributed by atoms with Gasteiger partial charge in [-0.25, -0.2) is 29.9 Å². The first-order valence-corrected chi connectivity index (χ1v) is 17.4. The molecule has 0 amide bonds. The van der Waals surface area contributed by atoms with Crippen LogP contribution in [0, 0.1) is 0 Å². The third kappa shape index (κ3) is 7.31. The van der Waals surface area contributed by atoms with Crippen LogP contribution in [0.15, 0.2) is 101 Å². The van der Waals surface area contributed by atoms with E-state index in [2.05, 4.69) is 5.32 Å². The molecule has 0 heterocycles. The quantitative estimate of drug-likeness (QED) is 0.199. The van der Waals surface area contributed by atoms with Crippen molar-refractivity contribution in [2.75, 3.05) is 20.2 Å². The summed E-state index contributed by atoms with van der Waals surface area (Å²) in [7, 11) is -7.09. The molecule has 0 aromatic heterocycles. The molecular formula is C30H29Cl3F2N2O5S2. The average Bonchev–Trinajstić information content (AvgIpc) is 2.97. The summed E-state index contributed by atoms with van der Waals surface area (Å²) in [6, 6.07) is 13.7. The van der Waals surface area contributed by atoms with Crippen molar-refractivity contribution >= 4 is 54.7 Å². The van der Waals surface area contributed by atoms with E-state index in [9.17, 15) is 21.2 Å². The maximum absolute atomic E-state index is 16.5. The van der Waals surface area contributed by atoms with E-state index in [1.54, 1.807) is 31.2 Å². The van der Waals surface area contributed by atoms with Crippen LogP contribution in [-0.4, -0.2) is 52.4 Å². The van der Waals surface area contributed by atoms with Gasteiger partial charge in [0, 0.05) is 35.2 Å². The van der Waals surface area contributed by atoms with E-state index in [1.165, 1.54) is 49.5 Å². The lowest BCUT2D eigenvalue weighted by Crippen LogP contribution is -2.52. The number of alkyl halides is 1. The molecule has 4 rings (SSSR count). The van der Waals surface area contributed by atoms with Gasteiger partial charge in [-0.3, -0.25) is 5.32 Å². The number of hydrogen-bond acceptors (Lipinski definition) is 6. The van der Waals surface area contributed by atoms with Crippen LogP contribution in [0.2, 0.25) is 15.1 Å². The summed E-state index contributed by atoms with van der Waals surface area (Å²) < 4.78 is 90.6. The number of sulfone groups is 1. The molecule has 3 aromatic carbocycles. The molecule has 0 aliphatic heterocycles. The van der Waals surface area contributed by atoms with Gasteiger partial charge in [-0.15, -0.1) is 0 Å².